The highest BCUT2D eigenvalue weighted by Crippen LogP contribution is 2.42. The Morgan fingerprint density at radius 1 is 1.11 bits per heavy atom. The van der Waals surface area contributed by atoms with E-state index in [2.05, 4.69) is 39.0 Å². The molecule has 4 nitrogen and oxygen atoms in total. The quantitative estimate of drug-likeness (QED) is 0.845. The minimum atomic E-state index is 0.231. The zero-order chi connectivity index (χ0) is 13.1. The highest BCUT2D eigenvalue weighted by molar-refractivity contribution is 5.33. The van der Waals surface area contributed by atoms with E-state index in [1.807, 2.05) is 12.7 Å². The summed E-state index contributed by atoms with van der Waals surface area (Å²) in [5, 5.41) is 7.82. The first kappa shape index (κ1) is 12.2. The van der Waals surface area contributed by atoms with Gasteiger partial charge in [-0.1, -0.05) is 25.0 Å². The zero-order valence-electron chi connectivity index (χ0n) is 11.2. The number of hydrogen-bond donors (Lipinski definition) is 0. The fraction of sp³-hybridized carbons (Fsp3) is 0.467. The number of rotatable bonds is 4. The van der Waals surface area contributed by atoms with E-state index in [0.29, 0.717) is 0 Å². The predicted molar refractivity (Wildman–Crippen MR) is 73.2 cm³/mol. The summed E-state index contributed by atoms with van der Waals surface area (Å²) in [5.41, 5.74) is 1.63. The van der Waals surface area contributed by atoms with Crippen molar-refractivity contribution < 1.29 is 4.74 Å². The van der Waals surface area contributed by atoms with Gasteiger partial charge in [-0.05, 0) is 30.5 Å². The van der Waals surface area contributed by atoms with E-state index in [0.717, 1.165) is 12.3 Å². The van der Waals surface area contributed by atoms with Crippen molar-refractivity contribution in [1.82, 2.24) is 14.8 Å². The van der Waals surface area contributed by atoms with Gasteiger partial charge in [0.05, 0.1) is 7.11 Å². The van der Waals surface area contributed by atoms with Crippen LogP contribution >= 0.6 is 0 Å². The lowest BCUT2D eigenvalue weighted by Crippen LogP contribution is -2.28. The molecule has 100 valence electrons. The van der Waals surface area contributed by atoms with E-state index in [4.69, 9.17) is 4.74 Å². The SMILES string of the molecule is COc1ccc(C2(Cn3cnnc3)CCCC2)cc1. The standard InChI is InChI=1S/C15H19N3O/c1-19-14-6-4-13(5-7-14)15(8-2-3-9-15)10-18-11-16-17-12-18/h4-7,11-12H,2-3,8-10H2,1H3. The molecule has 3 rings (SSSR count). The molecule has 19 heavy (non-hydrogen) atoms. The first-order chi connectivity index (χ1) is 9.32. The van der Waals surface area contributed by atoms with Crippen molar-refractivity contribution in [2.75, 3.05) is 7.11 Å². The Kier molecular flexibility index (Phi) is 3.23. The van der Waals surface area contributed by atoms with Gasteiger partial charge in [0.15, 0.2) is 0 Å². The van der Waals surface area contributed by atoms with Gasteiger partial charge in [-0.15, -0.1) is 10.2 Å². The lowest BCUT2D eigenvalue weighted by atomic mass is 9.78. The second-order valence-electron chi connectivity index (χ2n) is 5.35. The molecule has 1 aliphatic rings. The monoisotopic (exact) mass is 257 g/mol. The van der Waals surface area contributed by atoms with Gasteiger partial charge in [0.2, 0.25) is 0 Å². The maximum absolute atomic E-state index is 5.25. The van der Waals surface area contributed by atoms with E-state index >= 15 is 0 Å². The zero-order valence-corrected chi connectivity index (χ0v) is 11.2. The third-order valence-electron chi connectivity index (χ3n) is 4.21. The molecule has 0 saturated heterocycles. The van der Waals surface area contributed by atoms with Gasteiger partial charge in [0, 0.05) is 12.0 Å². The van der Waals surface area contributed by atoms with Gasteiger partial charge < -0.3 is 9.30 Å². The van der Waals surface area contributed by atoms with Gasteiger partial charge in [-0.3, -0.25) is 0 Å². The Morgan fingerprint density at radius 2 is 1.74 bits per heavy atom. The molecule has 0 radical (unpaired) electrons. The van der Waals surface area contributed by atoms with Crippen LogP contribution in [0, 0.1) is 0 Å². The Morgan fingerprint density at radius 3 is 2.32 bits per heavy atom. The Bertz CT molecular complexity index is 513. The minimum Gasteiger partial charge on any atom is -0.497 e. The molecule has 1 aromatic carbocycles. The maximum Gasteiger partial charge on any atom is 0.119 e. The summed E-state index contributed by atoms with van der Waals surface area (Å²) in [4.78, 5) is 0. The van der Waals surface area contributed by atoms with Crippen LogP contribution in [0.15, 0.2) is 36.9 Å². The smallest absolute Gasteiger partial charge is 0.119 e. The number of aromatic nitrogens is 3. The third-order valence-corrected chi connectivity index (χ3v) is 4.21. The van der Waals surface area contributed by atoms with Gasteiger partial charge in [0.25, 0.3) is 0 Å². The summed E-state index contributed by atoms with van der Waals surface area (Å²) in [6.07, 6.45) is 8.69. The van der Waals surface area contributed by atoms with Gasteiger partial charge in [-0.25, -0.2) is 0 Å². The second-order valence-corrected chi connectivity index (χ2v) is 5.35. The van der Waals surface area contributed by atoms with Crippen LogP contribution in [-0.2, 0) is 12.0 Å². The number of benzene rings is 1. The molecule has 0 N–H and O–H groups in total. The molecular weight excluding hydrogens is 238 g/mol. The molecule has 1 heterocycles. The Hall–Kier alpha value is -1.84. The second kappa shape index (κ2) is 5.03. The predicted octanol–water partition coefficient (Wildman–Crippen LogP) is 2.80. The van der Waals surface area contributed by atoms with Crippen LogP contribution in [0.4, 0.5) is 0 Å². The minimum absolute atomic E-state index is 0.231. The number of nitrogens with zero attached hydrogens (tertiary/aromatic N) is 3. The summed E-state index contributed by atoms with van der Waals surface area (Å²) in [5.74, 6) is 0.918. The molecule has 0 atom stereocenters. The van der Waals surface area contributed by atoms with Crippen molar-refractivity contribution in [3.8, 4) is 5.75 Å². The Balaban J connectivity index is 1.90. The van der Waals surface area contributed by atoms with Crippen LogP contribution in [0.2, 0.25) is 0 Å². The third kappa shape index (κ3) is 2.35. The Labute approximate surface area is 113 Å². The first-order valence-electron chi connectivity index (χ1n) is 6.79. The summed E-state index contributed by atoms with van der Waals surface area (Å²) < 4.78 is 7.34. The lowest BCUT2D eigenvalue weighted by Gasteiger charge is -2.30. The van der Waals surface area contributed by atoms with E-state index in [9.17, 15) is 0 Å². The molecule has 1 aliphatic carbocycles. The summed E-state index contributed by atoms with van der Waals surface area (Å²) >= 11 is 0. The van der Waals surface area contributed by atoms with Gasteiger partial charge in [0.1, 0.15) is 18.4 Å². The van der Waals surface area contributed by atoms with Crippen LogP contribution in [0.25, 0.3) is 0 Å². The summed E-state index contributed by atoms with van der Waals surface area (Å²) in [7, 11) is 1.71. The topological polar surface area (TPSA) is 39.9 Å². The van der Waals surface area contributed by atoms with Crippen molar-refractivity contribution in [3.63, 3.8) is 0 Å². The average Bonchev–Trinajstić information content (AvgIpc) is 3.12. The first-order valence-corrected chi connectivity index (χ1v) is 6.79. The van der Waals surface area contributed by atoms with Crippen molar-refractivity contribution in [3.05, 3.63) is 42.5 Å². The normalized spacial score (nSPS) is 17.5. The molecule has 0 bridgehead atoms. The van der Waals surface area contributed by atoms with Crippen LogP contribution in [0.5, 0.6) is 5.75 Å². The van der Waals surface area contributed by atoms with Gasteiger partial charge >= 0.3 is 0 Å². The fourth-order valence-corrected chi connectivity index (χ4v) is 3.19. The van der Waals surface area contributed by atoms with Crippen LogP contribution in [0.3, 0.4) is 0 Å². The van der Waals surface area contributed by atoms with Crippen LogP contribution < -0.4 is 4.74 Å². The lowest BCUT2D eigenvalue weighted by molar-refractivity contribution is 0.369. The van der Waals surface area contributed by atoms with Crippen molar-refractivity contribution in [2.24, 2.45) is 0 Å². The maximum atomic E-state index is 5.25. The van der Waals surface area contributed by atoms with Crippen LogP contribution in [0.1, 0.15) is 31.2 Å². The van der Waals surface area contributed by atoms with Crippen molar-refractivity contribution >= 4 is 0 Å². The molecule has 0 spiro atoms. The van der Waals surface area contributed by atoms with E-state index < -0.39 is 0 Å². The van der Waals surface area contributed by atoms with E-state index in [1.54, 1.807) is 7.11 Å². The largest absolute Gasteiger partial charge is 0.497 e. The van der Waals surface area contributed by atoms with Crippen molar-refractivity contribution in [1.29, 1.82) is 0 Å². The summed E-state index contributed by atoms with van der Waals surface area (Å²) in [6, 6.07) is 8.52. The summed E-state index contributed by atoms with van der Waals surface area (Å²) in [6.45, 7) is 0.965. The molecule has 1 saturated carbocycles. The highest BCUT2D eigenvalue weighted by Gasteiger charge is 2.35. The van der Waals surface area contributed by atoms with Crippen molar-refractivity contribution in [2.45, 2.75) is 37.6 Å². The average molecular weight is 257 g/mol. The molecule has 0 amide bonds. The molecule has 0 aliphatic heterocycles. The molecule has 2 aromatic rings. The molecule has 0 unspecified atom stereocenters. The van der Waals surface area contributed by atoms with E-state index in [-0.39, 0.29) is 5.41 Å². The van der Waals surface area contributed by atoms with Crippen LogP contribution in [-0.4, -0.2) is 21.9 Å². The number of hydrogen-bond acceptors (Lipinski definition) is 3. The molecule has 1 aromatic heterocycles. The van der Waals surface area contributed by atoms with Gasteiger partial charge in [-0.2, -0.15) is 0 Å². The van der Waals surface area contributed by atoms with E-state index in [1.165, 1.54) is 31.2 Å². The fourth-order valence-electron chi connectivity index (χ4n) is 3.19. The molecule has 4 heteroatoms. The molecule has 1 fully saturated rings. The molecular formula is C15H19N3O. The number of ether oxygens (including phenoxy) is 1. The number of methoxy groups -OCH3 is 1. The highest BCUT2D eigenvalue weighted by atomic mass is 16.5.